The molecule has 26 heavy (non-hydrogen) atoms. The SMILES string of the molecule is O=C(Nc1cc(Cl)cc(Cl)c1)c1cncc(NCCN2CCOCC2)c1. The van der Waals surface area contributed by atoms with Gasteiger partial charge in [0.25, 0.3) is 5.91 Å². The van der Waals surface area contributed by atoms with E-state index in [9.17, 15) is 4.79 Å². The van der Waals surface area contributed by atoms with Crippen molar-refractivity contribution in [1.82, 2.24) is 9.88 Å². The lowest BCUT2D eigenvalue weighted by Gasteiger charge is -2.26. The van der Waals surface area contributed by atoms with E-state index in [0.717, 1.165) is 45.1 Å². The number of morpholine rings is 1. The fourth-order valence-corrected chi connectivity index (χ4v) is 3.20. The average Bonchev–Trinajstić information content (AvgIpc) is 2.62. The standard InChI is InChI=1S/C18H20Cl2N4O2/c19-14-8-15(20)10-16(9-14)23-18(25)13-7-17(12-21-11-13)22-1-2-24-3-5-26-6-4-24/h7-12,22H,1-6H2,(H,23,25). The zero-order valence-corrected chi connectivity index (χ0v) is 15.7. The van der Waals surface area contributed by atoms with Crippen LogP contribution >= 0.6 is 23.2 Å². The molecule has 2 N–H and O–H groups in total. The van der Waals surface area contributed by atoms with Gasteiger partial charge in [-0.1, -0.05) is 23.2 Å². The van der Waals surface area contributed by atoms with E-state index in [2.05, 4.69) is 20.5 Å². The summed E-state index contributed by atoms with van der Waals surface area (Å²) in [7, 11) is 0. The Labute approximate surface area is 162 Å². The van der Waals surface area contributed by atoms with Crippen molar-refractivity contribution in [3.63, 3.8) is 0 Å². The number of nitrogens with zero attached hydrogens (tertiary/aromatic N) is 2. The third-order valence-corrected chi connectivity index (χ3v) is 4.42. The number of pyridine rings is 1. The van der Waals surface area contributed by atoms with Crippen LogP contribution in [0.15, 0.2) is 36.7 Å². The number of anilines is 2. The Morgan fingerprint density at radius 1 is 1.08 bits per heavy atom. The molecule has 0 saturated carbocycles. The molecule has 1 aliphatic heterocycles. The van der Waals surface area contributed by atoms with Gasteiger partial charge in [0.15, 0.2) is 0 Å². The van der Waals surface area contributed by atoms with Gasteiger partial charge in [0.05, 0.1) is 24.5 Å². The molecule has 0 spiro atoms. The van der Waals surface area contributed by atoms with E-state index < -0.39 is 0 Å². The first-order chi connectivity index (χ1) is 12.6. The van der Waals surface area contributed by atoms with E-state index in [1.807, 2.05) is 0 Å². The second-order valence-corrected chi connectivity index (χ2v) is 6.83. The van der Waals surface area contributed by atoms with Crippen molar-refractivity contribution in [1.29, 1.82) is 0 Å². The quantitative estimate of drug-likeness (QED) is 0.785. The second kappa shape index (κ2) is 9.19. The molecule has 1 aliphatic rings. The molecule has 0 unspecified atom stereocenters. The molecule has 0 atom stereocenters. The number of aromatic nitrogens is 1. The minimum absolute atomic E-state index is 0.271. The van der Waals surface area contributed by atoms with Crippen LogP contribution in [0.4, 0.5) is 11.4 Å². The Morgan fingerprint density at radius 3 is 2.54 bits per heavy atom. The Bertz CT molecular complexity index is 746. The number of ether oxygens (including phenoxy) is 1. The van der Waals surface area contributed by atoms with E-state index >= 15 is 0 Å². The average molecular weight is 395 g/mol. The van der Waals surface area contributed by atoms with E-state index in [1.54, 1.807) is 30.5 Å². The molecule has 0 aliphatic carbocycles. The maximum absolute atomic E-state index is 12.4. The fourth-order valence-electron chi connectivity index (χ4n) is 2.67. The van der Waals surface area contributed by atoms with Crippen LogP contribution in [0.2, 0.25) is 10.0 Å². The summed E-state index contributed by atoms with van der Waals surface area (Å²) in [4.78, 5) is 18.9. The number of benzene rings is 1. The lowest BCUT2D eigenvalue weighted by atomic mass is 10.2. The topological polar surface area (TPSA) is 66.5 Å². The molecule has 8 heteroatoms. The fraction of sp³-hybridized carbons (Fsp3) is 0.333. The van der Waals surface area contributed by atoms with Crippen molar-refractivity contribution in [2.45, 2.75) is 0 Å². The van der Waals surface area contributed by atoms with Gasteiger partial charge in [0.2, 0.25) is 0 Å². The third-order valence-electron chi connectivity index (χ3n) is 3.98. The molecule has 6 nitrogen and oxygen atoms in total. The van der Waals surface area contributed by atoms with E-state index in [4.69, 9.17) is 27.9 Å². The van der Waals surface area contributed by atoms with Crippen LogP contribution in [0.25, 0.3) is 0 Å². The van der Waals surface area contributed by atoms with E-state index in [-0.39, 0.29) is 5.91 Å². The summed E-state index contributed by atoms with van der Waals surface area (Å²) in [5.41, 5.74) is 1.80. The lowest BCUT2D eigenvalue weighted by molar-refractivity contribution is 0.0398. The van der Waals surface area contributed by atoms with Crippen LogP contribution in [-0.2, 0) is 4.74 Å². The molecule has 3 rings (SSSR count). The highest BCUT2D eigenvalue weighted by molar-refractivity contribution is 6.35. The number of hydrogen-bond donors (Lipinski definition) is 2. The van der Waals surface area contributed by atoms with Crippen LogP contribution in [0.3, 0.4) is 0 Å². The minimum atomic E-state index is -0.271. The highest BCUT2D eigenvalue weighted by atomic mass is 35.5. The monoisotopic (exact) mass is 394 g/mol. The van der Waals surface area contributed by atoms with Crippen molar-refractivity contribution in [2.24, 2.45) is 0 Å². The molecule has 0 bridgehead atoms. The van der Waals surface area contributed by atoms with Gasteiger partial charge in [0, 0.05) is 54.3 Å². The van der Waals surface area contributed by atoms with E-state index in [1.165, 1.54) is 6.20 Å². The molecule has 1 amide bonds. The number of nitrogens with one attached hydrogen (secondary N) is 2. The molecule has 1 aromatic carbocycles. The van der Waals surface area contributed by atoms with Gasteiger partial charge in [-0.3, -0.25) is 14.7 Å². The predicted octanol–water partition coefficient (Wildman–Crippen LogP) is 3.38. The van der Waals surface area contributed by atoms with Gasteiger partial charge in [-0.05, 0) is 24.3 Å². The molecular weight excluding hydrogens is 375 g/mol. The van der Waals surface area contributed by atoms with Crippen molar-refractivity contribution in [3.8, 4) is 0 Å². The van der Waals surface area contributed by atoms with Crippen LogP contribution in [0, 0.1) is 0 Å². The number of carbonyl (C=O) groups is 1. The van der Waals surface area contributed by atoms with Crippen LogP contribution < -0.4 is 10.6 Å². The minimum Gasteiger partial charge on any atom is -0.382 e. The van der Waals surface area contributed by atoms with Crippen molar-refractivity contribution < 1.29 is 9.53 Å². The second-order valence-electron chi connectivity index (χ2n) is 5.96. The number of halogens is 2. The highest BCUT2D eigenvalue weighted by Crippen LogP contribution is 2.23. The molecule has 2 heterocycles. The molecule has 138 valence electrons. The number of rotatable bonds is 6. The van der Waals surface area contributed by atoms with E-state index in [0.29, 0.717) is 21.3 Å². The Hall–Kier alpha value is -1.86. The number of hydrogen-bond acceptors (Lipinski definition) is 5. The largest absolute Gasteiger partial charge is 0.382 e. The third kappa shape index (κ3) is 5.57. The molecule has 2 aromatic rings. The molecule has 1 saturated heterocycles. The highest BCUT2D eigenvalue weighted by Gasteiger charge is 2.11. The Kier molecular flexibility index (Phi) is 6.68. The van der Waals surface area contributed by atoms with Gasteiger partial charge in [-0.2, -0.15) is 0 Å². The smallest absolute Gasteiger partial charge is 0.257 e. The predicted molar refractivity (Wildman–Crippen MR) is 104 cm³/mol. The first-order valence-corrected chi connectivity index (χ1v) is 9.12. The zero-order valence-electron chi connectivity index (χ0n) is 14.2. The molecule has 1 fully saturated rings. The maximum atomic E-state index is 12.4. The normalized spacial score (nSPS) is 14.8. The summed E-state index contributed by atoms with van der Waals surface area (Å²) < 4.78 is 5.34. The van der Waals surface area contributed by atoms with Gasteiger partial charge >= 0.3 is 0 Å². The van der Waals surface area contributed by atoms with Crippen LogP contribution in [-0.4, -0.2) is 55.2 Å². The van der Waals surface area contributed by atoms with Gasteiger partial charge in [0.1, 0.15) is 0 Å². The van der Waals surface area contributed by atoms with Crippen LogP contribution in [0.1, 0.15) is 10.4 Å². The van der Waals surface area contributed by atoms with Crippen LogP contribution in [0.5, 0.6) is 0 Å². The maximum Gasteiger partial charge on any atom is 0.257 e. The summed E-state index contributed by atoms with van der Waals surface area (Å²) in [6.07, 6.45) is 3.22. The van der Waals surface area contributed by atoms with Crippen molar-refractivity contribution >= 4 is 40.5 Å². The summed E-state index contributed by atoms with van der Waals surface area (Å²) in [6, 6.07) is 6.67. The molecule has 0 radical (unpaired) electrons. The number of carbonyl (C=O) groups excluding carboxylic acids is 1. The summed E-state index contributed by atoms with van der Waals surface area (Å²) in [5.74, 6) is -0.271. The lowest BCUT2D eigenvalue weighted by Crippen LogP contribution is -2.39. The Morgan fingerprint density at radius 2 is 1.81 bits per heavy atom. The molecule has 1 aromatic heterocycles. The Balaban J connectivity index is 1.56. The zero-order chi connectivity index (χ0) is 18.4. The van der Waals surface area contributed by atoms with Gasteiger partial charge < -0.3 is 15.4 Å². The van der Waals surface area contributed by atoms with Crippen molar-refractivity contribution in [3.05, 3.63) is 52.3 Å². The summed E-state index contributed by atoms with van der Waals surface area (Å²) in [5, 5.41) is 7.00. The number of amides is 1. The van der Waals surface area contributed by atoms with Gasteiger partial charge in [-0.25, -0.2) is 0 Å². The van der Waals surface area contributed by atoms with Gasteiger partial charge in [-0.15, -0.1) is 0 Å². The summed E-state index contributed by atoms with van der Waals surface area (Å²) >= 11 is 11.9. The summed E-state index contributed by atoms with van der Waals surface area (Å²) in [6.45, 7) is 5.15. The van der Waals surface area contributed by atoms with Crippen molar-refractivity contribution in [2.75, 3.05) is 50.0 Å². The molecular formula is C18H20Cl2N4O2. The first kappa shape index (κ1) is 18.9. The first-order valence-electron chi connectivity index (χ1n) is 8.36.